The van der Waals surface area contributed by atoms with Gasteiger partial charge in [0.25, 0.3) is 0 Å². The number of hydrogen-bond acceptors (Lipinski definition) is 5. The molecule has 2 aliphatic rings. The Hall–Kier alpha value is -1.41. The highest BCUT2D eigenvalue weighted by Gasteiger charge is 2.45. The first-order valence-electron chi connectivity index (χ1n) is 9.48. The van der Waals surface area contributed by atoms with Crippen molar-refractivity contribution in [1.82, 2.24) is 14.9 Å². The molecular weight excluding hydrogens is 359 g/mol. The van der Waals surface area contributed by atoms with Gasteiger partial charge in [-0.1, -0.05) is 0 Å². The second-order valence-corrected chi connectivity index (χ2v) is 8.71. The summed E-state index contributed by atoms with van der Waals surface area (Å²) in [7, 11) is 0. The Morgan fingerprint density at radius 2 is 1.85 bits per heavy atom. The standard InChI is InChI=1S/C19H28F3N3O2/c1-17(2,3)26-13-18(7-8-18)12-25-10-5-14(6-11-25)27-15-4-9-23-16(24-15)19(20,21)22/h4,9,14H,5-8,10-13H2,1-3H3. The number of piperidine rings is 1. The van der Waals surface area contributed by atoms with Gasteiger partial charge in [-0.2, -0.15) is 18.2 Å². The van der Waals surface area contributed by atoms with Crippen molar-refractivity contribution in [3.05, 3.63) is 18.1 Å². The van der Waals surface area contributed by atoms with Crippen LogP contribution in [0.4, 0.5) is 13.2 Å². The Kier molecular flexibility index (Phi) is 5.68. The number of hydrogen-bond donors (Lipinski definition) is 0. The molecule has 0 bridgehead atoms. The molecule has 1 saturated carbocycles. The van der Waals surface area contributed by atoms with Gasteiger partial charge in [0, 0.05) is 37.3 Å². The van der Waals surface area contributed by atoms with E-state index in [0.29, 0.717) is 0 Å². The predicted molar refractivity (Wildman–Crippen MR) is 94.5 cm³/mol. The normalized spacial score (nSPS) is 21.3. The van der Waals surface area contributed by atoms with E-state index in [4.69, 9.17) is 9.47 Å². The number of likely N-dealkylation sites (tertiary alicyclic amines) is 1. The zero-order valence-corrected chi connectivity index (χ0v) is 16.2. The van der Waals surface area contributed by atoms with Crippen molar-refractivity contribution in [2.24, 2.45) is 5.41 Å². The molecule has 0 radical (unpaired) electrons. The van der Waals surface area contributed by atoms with Crippen LogP contribution < -0.4 is 4.74 Å². The van der Waals surface area contributed by atoms with Gasteiger partial charge in [0.1, 0.15) is 6.10 Å². The number of halogens is 3. The second-order valence-electron chi connectivity index (χ2n) is 8.71. The van der Waals surface area contributed by atoms with E-state index in [9.17, 15) is 13.2 Å². The van der Waals surface area contributed by atoms with Crippen molar-refractivity contribution in [2.45, 2.75) is 64.3 Å². The topological polar surface area (TPSA) is 47.5 Å². The molecule has 2 fully saturated rings. The fraction of sp³-hybridized carbons (Fsp3) is 0.789. The van der Waals surface area contributed by atoms with Crippen LogP contribution >= 0.6 is 0 Å². The average molecular weight is 387 g/mol. The molecule has 1 aromatic heterocycles. The van der Waals surface area contributed by atoms with E-state index in [-0.39, 0.29) is 23.0 Å². The minimum absolute atomic E-state index is 0.00647. The number of aromatic nitrogens is 2. The van der Waals surface area contributed by atoms with Crippen LogP contribution in [0.2, 0.25) is 0 Å². The first-order chi connectivity index (χ1) is 12.5. The van der Waals surface area contributed by atoms with E-state index in [0.717, 1.165) is 45.3 Å². The lowest BCUT2D eigenvalue weighted by molar-refractivity contribution is -0.145. The highest BCUT2D eigenvalue weighted by molar-refractivity contribution is 5.10. The summed E-state index contributed by atoms with van der Waals surface area (Å²) in [6.45, 7) is 9.77. The summed E-state index contributed by atoms with van der Waals surface area (Å²) in [5, 5.41) is 0. The fourth-order valence-electron chi connectivity index (χ4n) is 3.27. The molecule has 1 aliphatic heterocycles. The third kappa shape index (κ3) is 6.04. The molecular formula is C19H28F3N3O2. The first-order valence-corrected chi connectivity index (χ1v) is 9.48. The summed E-state index contributed by atoms with van der Waals surface area (Å²) in [6, 6.07) is 1.38. The van der Waals surface area contributed by atoms with E-state index >= 15 is 0 Å². The molecule has 0 spiro atoms. The molecule has 1 saturated heterocycles. The molecule has 0 unspecified atom stereocenters. The van der Waals surface area contributed by atoms with E-state index in [1.165, 1.54) is 18.9 Å². The van der Waals surface area contributed by atoms with Crippen LogP contribution in [0.5, 0.6) is 5.88 Å². The molecule has 0 amide bonds. The summed E-state index contributed by atoms with van der Waals surface area (Å²) in [6.07, 6.45) is 0.367. The van der Waals surface area contributed by atoms with Gasteiger partial charge in [-0.25, -0.2) is 4.98 Å². The summed E-state index contributed by atoms with van der Waals surface area (Å²) in [5.41, 5.74) is 0.151. The van der Waals surface area contributed by atoms with Gasteiger partial charge in [0.05, 0.1) is 12.2 Å². The minimum Gasteiger partial charge on any atom is -0.474 e. The van der Waals surface area contributed by atoms with Gasteiger partial charge in [0.15, 0.2) is 0 Å². The fourth-order valence-corrected chi connectivity index (χ4v) is 3.27. The molecule has 152 valence electrons. The molecule has 0 atom stereocenters. The van der Waals surface area contributed by atoms with Crippen LogP contribution in [0.3, 0.4) is 0 Å². The highest BCUT2D eigenvalue weighted by atomic mass is 19.4. The smallest absolute Gasteiger partial charge is 0.451 e. The summed E-state index contributed by atoms with van der Waals surface area (Å²) >= 11 is 0. The van der Waals surface area contributed by atoms with Gasteiger partial charge >= 0.3 is 6.18 Å². The summed E-state index contributed by atoms with van der Waals surface area (Å²) in [4.78, 5) is 9.16. The lowest BCUT2D eigenvalue weighted by Crippen LogP contribution is -2.42. The van der Waals surface area contributed by atoms with Gasteiger partial charge in [0.2, 0.25) is 11.7 Å². The Morgan fingerprint density at radius 3 is 2.41 bits per heavy atom. The van der Waals surface area contributed by atoms with Crippen LogP contribution in [-0.2, 0) is 10.9 Å². The van der Waals surface area contributed by atoms with Crippen LogP contribution in [0.25, 0.3) is 0 Å². The second kappa shape index (κ2) is 7.54. The third-order valence-corrected chi connectivity index (χ3v) is 5.03. The quantitative estimate of drug-likeness (QED) is 0.740. The van der Waals surface area contributed by atoms with Crippen LogP contribution in [0.1, 0.15) is 52.3 Å². The van der Waals surface area contributed by atoms with E-state index in [1.807, 2.05) is 0 Å². The van der Waals surface area contributed by atoms with Crippen LogP contribution in [0, 0.1) is 5.41 Å². The maximum absolute atomic E-state index is 12.7. The Labute approximate surface area is 158 Å². The number of nitrogens with zero attached hydrogens (tertiary/aromatic N) is 3. The molecule has 1 aromatic rings. The Balaban J connectivity index is 1.46. The predicted octanol–water partition coefficient (Wildman–Crippen LogP) is 3.93. The lowest BCUT2D eigenvalue weighted by Gasteiger charge is -2.35. The van der Waals surface area contributed by atoms with Crippen molar-refractivity contribution < 1.29 is 22.6 Å². The largest absolute Gasteiger partial charge is 0.474 e. The average Bonchev–Trinajstić information content (AvgIpc) is 3.34. The van der Waals surface area contributed by atoms with Crippen molar-refractivity contribution in [1.29, 1.82) is 0 Å². The van der Waals surface area contributed by atoms with E-state index < -0.39 is 12.0 Å². The molecule has 2 heterocycles. The number of alkyl halides is 3. The molecule has 3 rings (SSSR count). The van der Waals surface area contributed by atoms with Crippen molar-refractivity contribution in [3.63, 3.8) is 0 Å². The van der Waals surface area contributed by atoms with Crippen molar-refractivity contribution >= 4 is 0 Å². The summed E-state index contributed by atoms with van der Waals surface area (Å²) < 4.78 is 49.8. The first kappa shape index (κ1) is 20.3. The molecule has 0 aromatic carbocycles. The SMILES string of the molecule is CC(C)(C)OCC1(CN2CCC(Oc3ccnc(C(F)(F)F)n3)CC2)CC1. The van der Waals surface area contributed by atoms with Crippen LogP contribution in [-0.4, -0.2) is 52.8 Å². The van der Waals surface area contributed by atoms with E-state index in [1.54, 1.807) is 0 Å². The molecule has 27 heavy (non-hydrogen) atoms. The molecule has 8 heteroatoms. The molecule has 0 N–H and O–H groups in total. The van der Waals surface area contributed by atoms with Gasteiger partial charge in [-0.15, -0.1) is 0 Å². The Morgan fingerprint density at radius 1 is 1.19 bits per heavy atom. The van der Waals surface area contributed by atoms with Crippen molar-refractivity contribution in [3.8, 4) is 5.88 Å². The zero-order valence-electron chi connectivity index (χ0n) is 16.2. The maximum atomic E-state index is 12.7. The number of rotatable bonds is 6. The maximum Gasteiger partial charge on any atom is 0.451 e. The number of ether oxygens (including phenoxy) is 2. The van der Waals surface area contributed by atoms with E-state index in [2.05, 4.69) is 35.6 Å². The Bertz CT molecular complexity index is 634. The van der Waals surface area contributed by atoms with Crippen molar-refractivity contribution in [2.75, 3.05) is 26.2 Å². The van der Waals surface area contributed by atoms with Crippen LogP contribution in [0.15, 0.2) is 12.3 Å². The lowest BCUT2D eigenvalue weighted by atomic mass is 10.0. The highest BCUT2D eigenvalue weighted by Crippen LogP contribution is 2.47. The van der Waals surface area contributed by atoms with Gasteiger partial charge < -0.3 is 14.4 Å². The third-order valence-electron chi connectivity index (χ3n) is 5.03. The van der Waals surface area contributed by atoms with Gasteiger partial charge in [-0.05, 0) is 46.5 Å². The summed E-state index contributed by atoms with van der Waals surface area (Å²) in [5.74, 6) is -1.17. The minimum atomic E-state index is -4.56. The molecule has 1 aliphatic carbocycles. The van der Waals surface area contributed by atoms with Gasteiger partial charge in [-0.3, -0.25) is 0 Å². The zero-order chi connectivity index (χ0) is 19.7. The monoisotopic (exact) mass is 387 g/mol. The molecule has 5 nitrogen and oxygen atoms in total.